The van der Waals surface area contributed by atoms with Gasteiger partial charge in [-0.2, -0.15) is 0 Å². The minimum absolute atomic E-state index is 0.130. The number of carbonyl (C=O) groups excluding carboxylic acids is 1. The standard InChI is InChI=1S/C26H34N2O5/c1-17(27-24(31)33-25(2,3)4)21-9-8-19-7-6-18(16-22(19)28-21)10-13-26(23(29)30)14-11-20(32-5)12-15-26/h6-10,13,16-17,20H,11-12,14-15H2,1-5H3,(H,27,31)(H,29,30)/b13-10+/t17?,20-,26-. The molecule has 1 atom stereocenters. The first kappa shape index (κ1) is 24.7. The molecule has 2 N–H and O–H groups in total. The number of carboxylic acids is 1. The Hall–Kier alpha value is -2.93. The molecule has 1 fully saturated rings. The minimum atomic E-state index is -0.870. The minimum Gasteiger partial charge on any atom is -0.481 e. The maximum atomic E-state index is 12.1. The van der Waals surface area contributed by atoms with E-state index in [0.29, 0.717) is 12.8 Å². The van der Waals surface area contributed by atoms with Gasteiger partial charge in [0.25, 0.3) is 0 Å². The zero-order valence-electron chi connectivity index (χ0n) is 20.1. The predicted molar refractivity (Wildman–Crippen MR) is 128 cm³/mol. The van der Waals surface area contributed by atoms with Crippen molar-refractivity contribution in [2.75, 3.05) is 7.11 Å². The van der Waals surface area contributed by atoms with E-state index in [9.17, 15) is 14.7 Å². The van der Waals surface area contributed by atoms with Gasteiger partial charge in [0.2, 0.25) is 0 Å². The van der Waals surface area contributed by atoms with Crippen LogP contribution >= 0.6 is 0 Å². The summed E-state index contributed by atoms with van der Waals surface area (Å²) in [4.78, 5) is 28.9. The van der Waals surface area contributed by atoms with Crippen LogP contribution in [0.5, 0.6) is 0 Å². The molecule has 7 heteroatoms. The van der Waals surface area contributed by atoms with E-state index >= 15 is 0 Å². The van der Waals surface area contributed by atoms with Crippen LogP contribution in [0.25, 0.3) is 17.0 Å². The summed E-state index contributed by atoms with van der Waals surface area (Å²) in [5, 5.41) is 13.7. The first-order valence-corrected chi connectivity index (χ1v) is 11.4. The molecule has 1 unspecified atom stereocenters. The lowest BCUT2D eigenvalue weighted by molar-refractivity contribution is -0.148. The molecule has 3 rings (SSSR count). The summed E-state index contributed by atoms with van der Waals surface area (Å²) < 4.78 is 10.7. The summed E-state index contributed by atoms with van der Waals surface area (Å²) in [6.45, 7) is 7.31. The second-order valence-electron chi connectivity index (χ2n) is 9.79. The fourth-order valence-electron chi connectivity index (χ4n) is 4.10. The van der Waals surface area contributed by atoms with Gasteiger partial charge in [-0.05, 0) is 71.1 Å². The third-order valence-electron chi connectivity index (χ3n) is 6.09. The van der Waals surface area contributed by atoms with Gasteiger partial charge in [-0.1, -0.05) is 30.4 Å². The predicted octanol–water partition coefficient (Wildman–Crippen LogP) is 5.49. The van der Waals surface area contributed by atoms with E-state index in [1.165, 1.54) is 0 Å². The molecule has 1 aliphatic carbocycles. The Kier molecular flexibility index (Phi) is 7.42. The number of amides is 1. The first-order chi connectivity index (χ1) is 15.5. The van der Waals surface area contributed by atoms with Crippen molar-refractivity contribution >= 4 is 29.0 Å². The zero-order valence-corrected chi connectivity index (χ0v) is 20.1. The smallest absolute Gasteiger partial charge is 0.408 e. The third kappa shape index (κ3) is 6.32. The molecule has 0 spiro atoms. The molecular weight excluding hydrogens is 420 g/mol. The SMILES string of the molecule is CO[C@H]1CC[C@](/C=C/c2ccc3ccc(C(C)NC(=O)OC(C)(C)C)nc3c2)(C(=O)O)CC1. The first-order valence-electron chi connectivity index (χ1n) is 11.4. The van der Waals surface area contributed by atoms with Crippen molar-refractivity contribution in [2.24, 2.45) is 5.41 Å². The Balaban J connectivity index is 1.78. The van der Waals surface area contributed by atoms with E-state index in [4.69, 9.17) is 14.5 Å². The molecule has 1 aliphatic rings. The number of methoxy groups -OCH3 is 1. The number of aromatic nitrogens is 1. The van der Waals surface area contributed by atoms with Crippen LogP contribution in [0.4, 0.5) is 4.79 Å². The summed E-state index contributed by atoms with van der Waals surface area (Å²) >= 11 is 0. The van der Waals surface area contributed by atoms with Gasteiger partial charge in [0.05, 0.1) is 28.8 Å². The van der Waals surface area contributed by atoms with Gasteiger partial charge in [0.1, 0.15) is 5.60 Å². The summed E-state index contributed by atoms with van der Waals surface area (Å²) in [5.74, 6) is -0.795. The monoisotopic (exact) mass is 454 g/mol. The average molecular weight is 455 g/mol. The van der Waals surface area contributed by atoms with Crippen LogP contribution < -0.4 is 5.32 Å². The number of carbonyl (C=O) groups is 2. The van der Waals surface area contributed by atoms with Crippen LogP contribution in [0.2, 0.25) is 0 Å². The highest BCUT2D eigenvalue weighted by Gasteiger charge is 2.39. The lowest BCUT2D eigenvalue weighted by Gasteiger charge is -2.34. The van der Waals surface area contributed by atoms with Crippen LogP contribution in [-0.2, 0) is 14.3 Å². The Labute approximate surface area is 195 Å². The van der Waals surface area contributed by atoms with Gasteiger partial charge in [-0.3, -0.25) is 9.78 Å². The number of carboxylic acid groups (broad SMARTS) is 1. The highest BCUT2D eigenvalue weighted by molar-refractivity contribution is 5.83. The second kappa shape index (κ2) is 9.91. The van der Waals surface area contributed by atoms with Crippen molar-refractivity contribution in [1.29, 1.82) is 0 Å². The maximum absolute atomic E-state index is 12.1. The number of hydrogen-bond acceptors (Lipinski definition) is 5. The van der Waals surface area contributed by atoms with Crippen molar-refractivity contribution in [3.8, 4) is 0 Å². The Morgan fingerprint density at radius 3 is 2.48 bits per heavy atom. The van der Waals surface area contributed by atoms with Crippen LogP contribution in [0.1, 0.15) is 70.7 Å². The van der Waals surface area contributed by atoms with Crippen molar-refractivity contribution in [3.63, 3.8) is 0 Å². The van der Waals surface area contributed by atoms with Gasteiger partial charge >= 0.3 is 12.1 Å². The van der Waals surface area contributed by atoms with E-state index in [1.54, 1.807) is 7.11 Å². The summed E-state index contributed by atoms with van der Waals surface area (Å²) in [7, 11) is 1.68. The largest absolute Gasteiger partial charge is 0.481 e. The van der Waals surface area contributed by atoms with E-state index in [2.05, 4.69) is 5.32 Å². The van der Waals surface area contributed by atoms with Crippen molar-refractivity contribution in [2.45, 2.75) is 71.1 Å². The number of ether oxygens (including phenoxy) is 2. The van der Waals surface area contributed by atoms with Crippen molar-refractivity contribution in [1.82, 2.24) is 10.3 Å². The lowest BCUT2D eigenvalue weighted by atomic mass is 9.72. The quantitative estimate of drug-likeness (QED) is 0.599. The number of hydrogen-bond donors (Lipinski definition) is 2. The summed E-state index contributed by atoms with van der Waals surface area (Å²) in [6.07, 6.45) is 5.91. The molecule has 1 aromatic carbocycles. The fourth-order valence-corrected chi connectivity index (χ4v) is 4.10. The average Bonchev–Trinajstić information content (AvgIpc) is 2.76. The fraction of sp³-hybridized carbons (Fsp3) is 0.500. The highest BCUT2D eigenvalue weighted by Crippen LogP contribution is 2.39. The number of aliphatic carboxylic acids is 1. The molecule has 1 saturated carbocycles. The summed E-state index contributed by atoms with van der Waals surface area (Å²) in [6, 6.07) is 9.38. The van der Waals surface area contributed by atoms with Crippen LogP contribution in [0.3, 0.4) is 0 Å². The molecule has 1 heterocycles. The van der Waals surface area contributed by atoms with Gasteiger partial charge in [0.15, 0.2) is 0 Å². The Bertz CT molecular complexity index is 1030. The molecule has 33 heavy (non-hydrogen) atoms. The molecule has 0 bridgehead atoms. The van der Waals surface area contributed by atoms with Crippen molar-refractivity contribution < 1.29 is 24.2 Å². The number of nitrogens with zero attached hydrogens (tertiary/aromatic N) is 1. The highest BCUT2D eigenvalue weighted by atomic mass is 16.6. The molecule has 178 valence electrons. The van der Waals surface area contributed by atoms with E-state index in [1.807, 2.05) is 70.2 Å². The van der Waals surface area contributed by atoms with Crippen LogP contribution in [0, 0.1) is 5.41 Å². The van der Waals surface area contributed by atoms with E-state index < -0.39 is 23.1 Å². The Morgan fingerprint density at radius 1 is 1.21 bits per heavy atom. The normalized spacial score (nSPS) is 22.3. The number of rotatable bonds is 6. The molecule has 0 aliphatic heterocycles. The van der Waals surface area contributed by atoms with Gasteiger partial charge in [-0.25, -0.2) is 4.79 Å². The lowest BCUT2D eigenvalue weighted by Crippen LogP contribution is -2.35. The zero-order chi connectivity index (χ0) is 24.2. The molecule has 2 aromatic rings. The van der Waals surface area contributed by atoms with Gasteiger partial charge in [0, 0.05) is 12.5 Å². The van der Waals surface area contributed by atoms with Crippen molar-refractivity contribution in [3.05, 3.63) is 47.7 Å². The summed E-state index contributed by atoms with van der Waals surface area (Å²) in [5.41, 5.74) is 0.937. The Morgan fingerprint density at radius 2 is 1.88 bits per heavy atom. The number of alkyl carbamates (subject to hydrolysis) is 1. The maximum Gasteiger partial charge on any atom is 0.408 e. The van der Waals surface area contributed by atoms with E-state index in [0.717, 1.165) is 35.0 Å². The molecule has 1 aromatic heterocycles. The molecule has 0 radical (unpaired) electrons. The van der Waals surface area contributed by atoms with Gasteiger partial charge < -0.3 is 19.9 Å². The van der Waals surface area contributed by atoms with Gasteiger partial charge in [-0.15, -0.1) is 0 Å². The molecule has 7 nitrogen and oxygen atoms in total. The molecular formula is C26H34N2O5. The molecule has 0 saturated heterocycles. The number of benzene rings is 1. The number of nitrogens with one attached hydrogen (secondary N) is 1. The third-order valence-corrected chi connectivity index (χ3v) is 6.09. The van der Waals surface area contributed by atoms with Crippen LogP contribution in [-0.4, -0.2) is 41.0 Å². The second-order valence-corrected chi connectivity index (χ2v) is 9.79. The number of pyridine rings is 1. The topological polar surface area (TPSA) is 97.8 Å². The van der Waals surface area contributed by atoms with Crippen LogP contribution in [0.15, 0.2) is 36.4 Å². The molecule has 1 amide bonds. The number of fused-ring (bicyclic) bond motifs is 1. The van der Waals surface area contributed by atoms with E-state index in [-0.39, 0.29) is 12.1 Å².